The van der Waals surface area contributed by atoms with E-state index in [2.05, 4.69) is 37.6 Å². The van der Waals surface area contributed by atoms with Crippen LogP contribution >= 0.6 is 0 Å². The second kappa shape index (κ2) is 3.58. The van der Waals surface area contributed by atoms with Crippen molar-refractivity contribution in [3.05, 3.63) is 12.7 Å². The molecule has 0 saturated carbocycles. The van der Waals surface area contributed by atoms with Crippen molar-refractivity contribution in [2.45, 2.75) is 32.4 Å². The predicted octanol–water partition coefficient (Wildman–Crippen LogP) is 1.24. The molecule has 0 bridgehead atoms. The fourth-order valence-electron chi connectivity index (χ4n) is 2.09. The lowest BCUT2D eigenvalue weighted by Gasteiger charge is -2.42. The highest BCUT2D eigenvalue weighted by Gasteiger charge is 2.28. The predicted molar refractivity (Wildman–Crippen MR) is 53.3 cm³/mol. The van der Waals surface area contributed by atoms with Crippen molar-refractivity contribution in [2.24, 2.45) is 0 Å². The molecule has 1 fully saturated rings. The number of hydrogen-bond acceptors (Lipinski definition) is 2. The summed E-state index contributed by atoms with van der Waals surface area (Å²) in [6, 6.07) is 0.591. The molecule has 2 nitrogen and oxygen atoms in total. The molecule has 0 aromatic carbocycles. The molecule has 1 N–H and O–H groups in total. The van der Waals surface area contributed by atoms with Gasteiger partial charge in [0, 0.05) is 31.2 Å². The molecule has 70 valence electrons. The molecule has 1 unspecified atom stereocenters. The number of hydrogen-bond donors (Lipinski definition) is 1. The van der Waals surface area contributed by atoms with Crippen LogP contribution in [0.15, 0.2) is 12.7 Å². The molecule has 0 radical (unpaired) electrons. The van der Waals surface area contributed by atoms with Gasteiger partial charge in [0.1, 0.15) is 0 Å². The van der Waals surface area contributed by atoms with Crippen LogP contribution in [0.4, 0.5) is 0 Å². The highest BCUT2D eigenvalue weighted by molar-refractivity contribution is 4.92. The normalized spacial score (nSPS) is 30.1. The zero-order valence-electron chi connectivity index (χ0n) is 8.43. The van der Waals surface area contributed by atoms with Crippen molar-refractivity contribution >= 4 is 0 Å². The molecule has 1 atom stereocenters. The SMILES string of the molecule is C=CCN1CC(C)NC(C)(C)C1. The van der Waals surface area contributed by atoms with Gasteiger partial charge in [-0.1, -0.05) is 6.08 Å². The van der Waals surface area contributed by atoms with Crippen LogP contribution in [0, 0.1) is 0 Å². The molecule has 0 aromatic heterocycles. The Morgan fingerprint density at radius 3 is 2.83 bits per heavy atom. The zero-order valence-corrected chi connectivity index (χ0v) is 8.43. The maximum Gasteiger partial charge on any atom is 0.0255 e. The van der Waals surface area contributed by atoms with Crippen LogP contribution < -0.4 is 5.32 Å². The van der Waals surface area contributed by atoms with Crippen molar-refractivity contribution in [2.75, 3.05) is 19.6 Å². The molecule has 1 saturated heterocycles. The smallest absolute Gasteiger partial charge is 0.0255 e. The number of rotatable bonds is 2. The van der Waals surface area contributed by atoms with Gasteiger partial charge >= 0.3 is 0 Å². The number of nitrogens with zero attached hydrogens (tertiary/aromatic N) is 1. The minimum Gasteiger partial charge on any atom is -0.307 e. The standard InChI is InChI=1S/C10H20N2/c1-5-6-12-7-9(2)11-10(3,4)8-12/h5,9,11H,1,6-8H2,2-4H3. The average molecular weight is 168 g/mol. The van der Waals surface area contributed by atoms with E-state index in [1.54, 1.807) is 0 Å². The summed E-state index contributed by atoms with van der Waals surface area (Å²) in [4.78, 5) is 2.44. The quantitative estimate of drug-likeness (QED) is 0.624. The minimum absolute atomic E-state index is 0.251. The largest absolute Gasteiger partial charge is 0.307 e. The molecule has 2 heteroatoms. The summed E-state index contributed by atoms with van der Waals surface area (Å²) in [6.07, 6.45) is 1.98. The summed E-state index contributed by atoms with van der Waals surface area (Å²) < 4.78 is 0. The lowest BCUT2D eigenvalue weighted by atomic mass is 9.99. The molecule has 1 aliphatic rings. The molecule has 0 spiro atoms. The van der Waals surface area contributed by atoms with Crippen molar-refractivity contribution in [1.29, 1.82) is 0 Å². The fraction of sp³-hybridized carbons (Fsp3) is 0.800. The van der Waals surface area contributed by atoms with Gasteiger partial charge in [0.2, 0.25) is 0 Å². The first-order valence-electron chi connectivity index (χ1n) is 4.64. The molecule has 0 aliphatic carbocycles. The van der Waals surface area contributed by atoms with Crippen LogP contribution in [0.2, 0.25) is 0 Å². The first kappa shape index (κ1) is 9.75. The molecule has 12 heavy (non-hydrogen) atoms. The third-order valence-corrected chi connectivity index (χ3v) is 2.18. The molecule has 1 aliphatic heterocycles. The summed E-state index contributed by atoms with van der Waals surface area (Å²) in [6.45, 7) is 13.8. The van der Waals surface area contributed by atoms with Gasteiger partial charge in [-0.15, -0.1) is 6.58 Å². The Labute approximate surface area is 75.6 Å². The lowest BCUT2D eigenvalue weighted by molar-refractivity contribution is 0.135. The van der Waals surface area contributed by atoms with Gasteiger partial charge in [-0.2, -0.15) is 0 Å². The Kier molecular flexibility index (Phi) is 2.91. The fourth-order valence-corrected chi connectivity index (χ4v) is 2.09. The summed E-state index contributed by atoms with van der Waals surface area (Å²) in [5, 5.41) is 3.57. The van der Waals surface area contributed by atoms with E-state index in [1.165, 1.54) is 0 Å². The Bertz CT molecular complexity index is 163. The zero-order chi connectivity index (χ0) is 9.19. The van der Waals surface area contributed by atoms with Crippen molar-refractivity contribution in [1.82, 2.24) is 10.2 Å². The van der Waals surface area contributed by atoms with Crippen LogP contribution in [-0.4, -0.2) is 36.1 Å². The minimum atomic E-state index is 0.251. The highest BCUT2D eigenvalue weighted by Crippen LogP contribution is 2.13. The molecule has 0 amide bonds. The Morgan fingerprint density at radius 2 is 2.33 bits per heavy atom. The van der Waals surface area contributed by atoms with Crippen LogP contribution in [0.5, 0.6) is 0 Å². The van der Waals surface area contributed by atoms with Crippen LogP contribution in [0.25, 0.3) is 0 Å². The Morgan fingerprint density at radius 1 is 1.67 bits per heavy atom. The molecular formula is C10H20N2. The van der Waals surface area contributed by atoms with Gasteiger partial charge in [-0.3, -0.25) is 4.90 Å². The van der Waals surface area contributed by atoms with Gasteiger partial charge in [-0.05, 0) is 20.8 Å². The van der Waals surface area contributed by atoms with Gasteiger partial charge in [0.15, 0.2) is 0 Å². The van der Waals surface area contributed by atoms with E-state index in [0.717, 1.165) is 19.6 Å². The van der Waals surface area contributed by atoms with Gasteiger partial charge in [0.05, 0.1) is 0 Å². The third-order valence-electron chi connectivity index (χ3n) is 2.18. The highest BCUT2D eigenvalue weighted by atomic mass is 15.2. The molecule has 1 rings (SSSR count). The van der Waals surface area contributed by atoms with E-state index in [0.29, 0.717) is 6.04 Å². The maximum atomic E-state index is 3.77. The topological polar surface area (TPSA) is 15.3 Å². The van der Waals surface area contributed by atoms with Gasteiger partial charge in [0.25, 0.3) is 0 Å². The summed E-state index contributed by atoms with van der Waals surface area (Å²) in [5.74, 6) is 0. The van der Waals surface area contributed by atoms with Crippen LogP contribution in [0.1, 0.15) is 20.8 Å². The first-order chi connectivity index (χ1) is 5.53. The van der Waals surface area contributed by atoms with E-state index in [4.69, 9.17) is 0 Å². The second-order valence-electron chi connectivity index (χ2n) is 4.41. The third kappa shape index (κ3) is 2.61. The summed E-state index contributed by atoms with van der Waals surface area (Å²) >= 11 is 0. The van der Waals surface area contributed by atoms with Crippen molar-refractivity contribution in [3.63, 3.8) is 0 Å². The van der Waals surface area contributed by atoms with Gasteiger partial charge in [-0.25, -0.2) is 0 Å². The molecular weight excluding hydrogens is 148 g/mol. The van der Waals surface area contributed by atoms with Crippen molar-refractivity contribution in [3.8, 4) is 0 Å². The van der Waals surface area contributed by atoms with E-state index >= 15 is 0 Å². The van der Waals surface area contributed by atoms with Crippen LogP contribution in [-0.2, 0) is 0 Å². The summed E-state index contributed by atoms with van der Waals surface area (Å²) in [7, 11) is 0. The molecule has 1 heterocycles. The van der Waals surface area contributed by atoms with E-state index in [1.807, 2.05) is 6.08 Å². The van der Waals surface area contributed by atoms with Crippen molar-refractivity contribution < 1.29 is 0 Å². The average Bonchev–Trinajstić information content (AvgIpc) is 1.82. The van der Waals surface area contributed by atoms with Gasteiger partial charge < -0.3 is 5.32 Å². The number of nitrogens with one attached hydrogen (secondary N) is 1. The monoisotopic (exact) mass is 168 g/mol. The summed E-state index contributed by atoms with van der Waals surface area (Å²) in [5.41, 5.74) is 0.251. The second-order valence-corrected chi connectivity index (χ2v) is 4.41. The first-order valence-corrected chi connectivity index (χ1v) is 4.64. The lowest BCUT2D eigenvalue weighted by Crippen LogP contribution is -2.60. The van der Waals surface area contributed by atoms with E-state index < -0.39 is 0 Å². The molecule has 0 aromatic rings. The van der Waals surface area contributed by atoms with E-state index in [-0.39, 0.29) is 5.54 Å². The Balaban J connectivity index is 2.51. The van der Waals surface area contributed by atoms with E-state index in [9.17, 15) is 0 Å². The number of piperazine rings is 1. The maximum absolute atomic E-state index is 3.77. The Hall–Kier alpha value is -0.340. The van der Waals surface area contributed by atoms with Crippen LogP contribution in [0.3, 0.4) is 0 Å².